The second-order valence-electron chi connectivity index (χ2n) is 13.4. The minimum atomic E-state index is -5.08. The summed E-state index contributed by atoms with van der Waals surface area (Å²) in [5.41, 5.74) is 0.908. The fourth-order valence-electron chi connectivity index (χ4n) is 8.62. The highest BCUT2D eigenvalue weighted by atomic mass is 19.4. The molecule has 0 amide bonds. The number of ether oxygens (including phenoxy) is 1. The van der Waals surface area contributed by atoms with Crippen molar-refractivity contribution in [1.29, 1.82) is 0 Å². The molecule has 5 aliphatic rings. The monoisotopic (exact) mass is 651 g/mol. The van der Waals surface area contributed by atoms with E-state index in [1.807, 2.05) is 0 Å². The van der Waals surface area contributed by atoms with Crippen molar-refractivity contribution in [2.24, 2.45) is 0 Å². The van der Waals surface area contributed by atoms with Gasteiger partial charge < -0.3 is 15.4 Å². The molecule has 4 saturated heterocycles. The first-order valence-electron chi connectivity index (χ1n) is 15.6. The standard InChI is InChI=1S/C31H32F7N7O/c1-15-21(31(36,37)38)16(12-17(39)22(15)32)24-23(33)25-20-18(40-24)4-5-19-30(35)9-8-29(34,43-30)13-45(19)26(20)42-27(41-25)46-14-28-6-2-10-44(28)11-3-7-28/h12,19,43H,2-11,13-14,39H2,1H3/t19-,29+,30-/m0/s1. The number of aryl methyl sites for hydroxylation is 1. The summed E-state index contributed by atoms with van der Waals surface area (Å²) in [6.07, 6.45) is -1.42. The highest BCUT2D eigenvalue weighted by molar-refractivity contribution is 5.96. The van der Waals surface area contributed by atoms with Gasteiger partial charge in [-0.1, -0.05) is 0 Å². The maximum atomic E-state index is 16.7. The van der Waals surface area contributed by atoms with Crippen LogP contribution in [0.15, 0.2) is 6.07 Å². The zero-order valence-electron chi connectivity index (χ0n) is 25.0. The van der Waals surface area contributed by atoms with Crippen molar-refractivity contribution < 1.29 is 35.5 Å². The van der Waals surface area contributed by atoms with Crippen LogP contribution in [0.2, 0.25) is 0 Å². The normalized spacial score (nSPS) is 28.4. The molecule has 3 N–H and O–H groups in total. The van der Waals surface area contributed by atoms with Crippen molar-refractivity contribution in [3.8, 4) is 17.3 Å². The first-order chi connectivity index (χ1) is 21.7. The Morgan fingerprint density at radius 2 is 1.78 bits per heavy atom. The number of alkyl halides is 5. The molecule has 2 aromatic heterocycles. The Morgan fingerprint density at radius 1 is 1.04 bits per heavy atom. The van der Waals surface area contributed by atoms with E-state index in [1.54, 1.807) is 0 Å². The molecular weight excluding hydrogens is 619 g/mol. The lowest BCUT2D eigenvalue weighted by Crippen LogP contribution is -2.67. The fraction of sp³-hybridized carbons (Fsp3) is 0.581. The molecule has 7 heterocycles. The average Bonchev–Trinajstić information content (AvgIpc) is 3.61. The maximum Gasteiger partial charge on any atom is 0.417 e. The number of aromatic nitrogens is 3. The maximum absolute atomic E-state index is 16.7. The highest BCUT2D eigenvalue weighted by Gasteiger charge is 2.61. The number of benzene rings is 1. The van der Waals surface area contributed by atoms with Gasteiger partial charge in [0.1, 0.15) is 29.5 Å². The minimum Gasteiger partial charge on any atom is -0.461 e. The SMILES string of the molecule is Cc1c(F)c(N)cc(-c2nc3c4c(nc(OCC56CCCN5CCC6)nc4c2F)N2C[C@@]4(F)CC[C@](F)(N4)[C@@H]2CC3)c1C(F)(F)F. The summed E-state index contributed by atoms with van der Waals surface area (Å²) in [6, 6.07) is -0.469. The summed E-state index contributed by atoms with van der Waals surface area (Å²) in [5, 5.41) is 2.54. The number of rotatable bonds is 4. The van der Waals surface area contributed by atoms with E-state index in [-0.39, 0.29) is 67.3 Å². The number of halogens is 7. The lowest BCUT2D eigenvalue weighted by atomic mass is 9.95. The lowest BCUT2D eigenvalue weighted by molar-refractivity contribution is -0.137. The van der Waals surface area contributed by atoms with Gasteiger partial charge in [0.2, 0.25) is 0 Å². The van der Waals surface area contributed by atoms with Crippen molar-refractivity contribution in [1.82, 2.24) is 25.2 Å². The van der Waals surface area contributed by atoms with Crippen molar-refractivity contribution >= 4 is 22.4 Å². The Bertz CT molecular complexity index is 1780. The van der Waals surface area contributed by atoms with Crippen molar-refractivity contribution in [2.45, 2.75) is 87.6 Å². The Hall–Kier alpha value is -3.46. The van der Waals surface area contributed by atoms with Crippen LogP contribution in [0.5, 0.6) is 6.01 Å². The predicted octanol–water partition coefficient (Wildman–Crippen LogP) is 5.74. The van der Waals surface area contributed by atoms with E-state index in [0.717, 1.165) is 51.8 Å². The topological polar surface area (TPSA) is 92.4 Å². The summed E-state index contributed by atoms with van der Waals surface area (Å²) >= 11 is 0. The van der Waals surface area contributed by atoms with Gasteiger partial charge in [-0.3, -0.25) is 4.90 Å². The van der Waals surface area contributed by atoms with Gasteiger partial charge in [0.25, 0.3) is 0 Å². The van der Waals surface area contributed by atoms with Crippen LogP contribution in [-0.4, -0.2) is 69.3 Å². The fourth-order valence-corrected chi connectivity index (χ4v) is 8.62. The first-order valence-corrected chi connectivity index (χ1v) is 15.6. The van der Waals surface area contributed by atoms with E-state index in [0.29, 0.717) is 0 Å². The Labute approximate surface area is 259 Å². The van der Waals surface area contributed by atoms with Gasteiger partial charge in [0, 0.05) is 18.4 Å². The van der Waals surface area contributed by atoms with Crippen LogP contribution in [0.3, 0.4) is 0 Å². The molecule has 8 rings (SSSR count). The number of fused-ring (bicyclic) bond motifs is 6. The van der Waals surface area contributed by atoms with Gasteiger partial charge in [-0.25, -0.2) is 27.9 Å². The second kappa shape index (κ2) is 9.78. The zero-order valence-corrected chi connectivity index (χ0v) is 25.0. The number of nitrogen functional groups attached to an aromatic ring is 1. The summed E-state index contributed by atoms with van der Waals surface area (Å²) in [4.78, 5) is 17.1. The number of nitrogens with zero attached hydrogens (tertiary/aromatic N) is 5. The Balaban J connectivity index is 1.34. The lowest BCUT2D eigenvalue weighted by Gasteiger charge is -2.46. The molecule has 2 bridgehead atoms. The molecule has 1 aromatic carbocycles. The van der Waals surface area contributed by atoms with Gasteiger partial charge in [-0.15, -0.1) is 0 Å². The number of anilines is 2. The molecule has 46 heavy (non-hydrogen) atoms. The number of piperazine rings is 1. The largest absolute Gasteiger partial charge is 0.461 e. The second-order valence-corrected chi connectivity index (χ2v) is 13.4. The van der Waals surface area contributed by atoms with Crippen molar-refractivity contribution in [3.05, 3.63) is 34.5 Å². The Morgan fingerprint density at radius 3 is 2.50 bits per heavy atom. The van der Waals surface area contributed by atoms with Crippen LogP contribution in [0, 0.1) is 18.6 Å². The van der Waals surface area contributed by atoms with Crippen molar-refractivity contribution in [3.63, 3.8) is 0 Å². The number of pyridine rings is 1. The third kappa shape index (κ3) is 4.29. The number of hydrogen-bond acceptors (Lipinski definition) is 8. The molecule has 8 nitrogen and oxygen atoms in total. The molecule has 0 radical (unpaired) electrons. The molecule has 0 saturated carbocycles. The summed E-state index contributed by atoms with van der Waals surface area (Å²) in [5.74, 6) is -6.69. The molecule has 0 aliphatic carbocycles. The van der Waals surface area contributed by atoms with E-state index in [9.17, 15) is 17.6 Å². The van der Waals surface area contributed by atoms with Crippen LogP contribution in [-0.2, 0) is 12.6 Å². The van der Waals surface area contributed by atoms with E-state index in [4.69, 9.17) is 10.5 Å². The minimum absolute atomic E-state index is 0.00320. The molecule has 0 spiro atoms. The molecule has 4 fully saturated rings. The first kappa shape index (κ1) is 29.9. The summed E-state index contributed by atoms with van der Waals surface area (Å²) in [6.45, 7) is 2.66. The number of nitrogens with two attached hydrogens (primary N) is 1. The van der Waals surface area contributed by atoms with Crippen LogP contribution < -0.4 is 20.7 Å². The smallest absolute Gasteiger partial charge is 0.417 e. The van der Waals surface area contributed by atoms with Gasteiger partial charge in [0.05, 0.1) is 40.5 Å². The molecule has 3 atom stereocenters. The quantitative estimate of drug-likeness (QED) is 0.210. The van der Waals surface area contributed by atoms with Gasteiger partial charge >= 0.3 is 12.2 Å². The number of hydrogen-bond donors (Lipinski definition) is 2. The molecule has 246 valence electrons. The van der Waals surface area contributed by atoms with Gasteiger partial charge in [-0.05, 0) is 70.2 Å². The number of nitrogens with one attached hydrogen (secondary N) is 1. The van der Waals surface area contributed by atoms with E-state index in [1.165, 1.54) is 4.90 Å². The van der Waals surface area contributed by atoms with E-state index in [2.05, 4.69) is 25.2 Å². The van der Waals surface area contributed by atoms with Crippen LogP contribution in [0.4, 0.5) is 42.2 Å². The highest BCUT2D eigenvalue weighted by Crippen LogP contribution is 2.50. The van der Waals surface area contributed by atoms with E-state index < -0.39 is 69.0 Å². The van der Waals surface area contributed by atoms with Gasteiger partial charge in [0.15, 0.2) is 17.4 Å². The zero-order chi connectivity index (χ0) is 32.4. The summed E-state index contributed by atoms with van der Waals surface area (Å²) < 4.78 is 113. The predicted molar refractivity (Wildman–Crippen MR) is 155 cm³/mol. The van der Waals surface area contributed by atoms with Crippen LogP contribution in [0.25, 0.3) is 22.2 Å². The van der Waals surface area contributed by atoms with Crippen molar-refractivity contribution in [2.75, 3.05) is 36.9 Å². The molecule has 5 aliphatic heterocycles. The molecule has 15 heteroatoms. The Kier molecular flexibility index (Phi) is 6.36. The van der Waals surface area contributed by atoms with Crippen LogP contribution in [0.1, 0.15) is 61.8 Å². The van der Waals surface area contributed by atoms with Crippen LogP contribution >= 0.6 is 0 Å². The average molecular weight is 652 g/mol. The molecule has 3 aromatic rings. The molecule has 0 unspecified atom stereocenters. The third-order valence-electron chi connectivity index (χ3n) is 10.7. The summed E-state index contributed by atoms with van der Waals surface area (Å²) in [7, 11) is 0. The van der Waals surface area contributed by atoms with Gasteiger partial charge in [-0.2, -0.15) is 23.1 Å². The molecular formula is C31H32F7N7O. The van der Waals surface area contributed by atoms with E-state index >= 15 is 13.2 Å². The third-order valence-corrected chi connectivity index (χ3v) is 10.7.